The molecule has 0 fully saturated rings. The summed E-state index contributed by atoms with van der Waals surface area (Å²) in [6, 6.07) is 11.8. The van der Waals surface area contributed by atoms with E-state index in [9.17, 15) is 21.6 Å². The van der Waals surface area contributed by atoms with Crippen LogP contribution >= 0.6 is 0 Å². The molecule has 0 unspecified atom stereocenters. The molecule has 0 atom stereocenters. The number of alkyl halides is 3. The van der Waals surface area contributed by atoms with Crippen molar-refractivity contribution >= 4 is 18.1 Å². The lowest BCUT2D eigenvalue weighted by Crippen LogP contribution is -2.22. The monoisotopic (exact) mass is 593 g/mol. The molecule has 0 aliphatic rings. The number of aromatic nitrogens is 4. The Balaban J connectivity index is 1.57. The van der Waals surface area contributed by atoms with Crippen molar-refractivity contribution in [2.45, 2.75) is 56.3 Å². The van der Waals surface area contributed by atoms with Crippen molar-refractivity contribution < 1.29 is 30.8 Å². The van der Waals surface area contributed by atoms with Crippen LogP contribution in [0.3, 0.4) is 0 Å². The Hall–Kier alpha value is -3.33. The topological polar surface area (TPSA) is 126 Å². The zero-order valence-electron chi connectivity index (χ0n) is 22.3. The average molecular weight is 594 g/mol. The van der Waals surface area contributed by atoms with Gasteiger partial charge in [0.2, 0.25) is 15.8 Å². The van der Waals surface area contributed by atoms with Crippen LogP contribution in [0, 0.1) is 0 Å². The first kappa shape index (κ1) is 29.6. The second kappa shape index (κ2) is 11.6. The van der Waals surface area contributed by atoms with E-state index in [2.05, 4.69) is 34.9 Å². The van der Waals surface area contributed by atoms with Gasteiger partial charge in [-0.2, -0.15) is 23.3 Å². The molecule has 2 aromatic heterocycles. The lowest BCUT2D eigenvalue weighted by atomic mass is 10.0. The van der Waals surface area contributed by atoms with Gasteiger partial charge >= 0.3 is 6.18 Å². The molecule has 2 aromatic carbocycles. The van der Waals surface area contributed by atoms with Gasteiger partial charge in [-0.05, 0) is 60.8 Å². The minimum absolute atomic E-state index is 0.0408. The number of halogens is 3. The molecule has 0 bridgehead atoms. The van der Waals surface area contributed by atoms with Crippen molar-refractivity contribution in [1.82, 2.24) is 19.9 Å². The van der Waals surface area contributed by atoms with Gasteiger partial charge in [-0.3, -0.25) is 0 Å². The van der Waals surface area contributed by atoms with Gasteiger partial charge in [0.05, 0.1) is 27.9 Å². The molecule has 0 amide bonds. The molecule has 9 nitrogen and oxygen atoms in total. The molecule has 2 N–H and O–H groups in total. The molecule has 0 spiro atoms. The number of nitrogens with zero attached hydrogens (tertiary/aromatic N) is 4. The Morgan fingerprint density at radius 2 is 1.70 bits per heavy atom. The Labute approximate surface area is 231 Å². The van der Waals surface area contributed by atoms with Crippen molar-refractivity contribution in [2.24, 2.45) is 5.14 Å². The zero-order chi connectivity index (χ0) is 29.1. The summed E-state index contributed by atoms with van der Waals surface area (Å²) < 4.78 is 75.1. The zero-order valence-corrected chi connectivity index (χ0v) is 24.1. The van der Waals surface area contributed by atoms with Crippen molar-refractivity contribution in [3.05, 3.63) is 71.5 Å². The van der Waals surface area contributed by atoms with E-state index in [0.29, 0.717) is 30.6 Å². The molecule has 2 heterocycles. The van der Waals surface area contributed by atoms with Gasteiger partial charge in [-0.25, -0.2) is 18.2 Å². The van der Waals surface area contributed by atoms with Crippen LogP contribution in [-0.2, 0) is 40.5 Å². The molecule has 4 rings (SSSR count). The van der Waals surface area contributed by atoms with Crippen LogP contribution in [0.1, 0.15) is 16.8 Å². The maximum Gasteiger partial charge on any atom is 0.416 e. The highest BCUT2D eigenvalue weighted by Gasteiger charge is 2.30. The quantitative estimate of drug-likeness (QED) is 0.183. The van der Waals surface area contributed by atoms with Crippen molar-refractivity contribution in [1.29, 1.82) is 0 Å². The smallest absolute Gasteiger partial charge is 0.360 e. The molecule has 40 heavy (non-hydrogen) atoms. The van der Waals surface area contributed by atoms with Crippen LogP contribution in [0.25, 0.3) is 22.8 Å². The number of hydrogen-bond acceptors (Lipinski definition) is 7. The SMILES string of the molecule is C[Si](C)(C)CCOCn1ncc(-c2nc(-c3ccc(S(N)(=O)=O)cc3)no2)c1CCc1ccc(C(F)(F)F)cc1. The second-order valence-corrected chi connectivity index (χ2v) is 17.7. The molecule has 0 saturated carbocycles. The summed E-state index contributed by atoms with van der Waals surface area (Å²) in [7, 11) is -5.13. The van der Waals surface area contributed by atoms with Gasteiger partial charge in [0.25, 0.3) is 5.89 Å². The van der Waals surface area contributed by atoms with Gasteiger partial charge in [0.15, 0.2) is 0 Å². The highest BCUT2D eigenvalue weighted by atomic mass is 32.2. The van der Waals surface area contributed by atoms with E-state index in [1.807, 2.05) is 0 Å². The first-order valence-electron chi connectivity index (χ1n) is 12.5. The number of rotatable bonds is 11. The summed E-state index contributed by atoms with van der Waals surface area (Å²) in [6.45, 7) is 7.56. The Bertz CT molecular complexity index is 1540. The van der Waals surface area contributed by atoms with Crippen molar-refractivity contribution in [3.8, 4) is 22.8 Å². The second-order valence-electron chi connectivity index (χ2n) is 10.5. The number of aryl methyl sites for hydroxylation is 1. The highest BCUT2D eigenvalue weighted by Crippen LogP contribution is 2.30. The minimum Gasteiger partial charge on any atom is -0.360 e. The molecular formula is C26H30F3N5O4SSi. The number of primary sulfonamides is 1. The highest BCUT2D eigenvalue weighted by molar-refractivity contribution is 7.89. The lowest BCUT2D eigenvalue weighted by molar-refractivity contribution is -0.137. The Kier molecular flexibility index (Phi) is 8.63. The average Bonchev–Trinajstić information content (AvgIpc) is 3.51. The third-order valence-corrected chi connectivity index (χ3v) is 8.82. The number of benzene rings is 2. The summed E-state index contributed by atoms with van der Waals surface area (Å²) in [6.07, 6.45) is -1.93. The predicted octanol–water partition coefficient (Wildman–Crippen LogP) is 5.36. The van der Waals surface area contributed by atoms with Gasteiger partial charge in [-0.15, -0.1) is 0 Å². The molecule has 0 saturated heterocycles. The fourth-order valence-corrected chi connectivity index (χ4v) is 5.13. The van der Waals surface area contributed by atoms with Gasteiger partial charge < -0.3 is 9.26 Å². The van der Waals surface area contributed by atoms with Gasteiger partial charge in [0.1, 0.15) is 6.73 Å². The molecule has 4 aromatic rings. The Morgan fingerprint density at radius 3 is 2.30 bits per heavy atom. The van der Waals surface area contributed by atoms with Crippen LogP contribution in [0.2, 0.25) is 25.7 Å². The maximum absolute atomic E-state index is 13.0. The van der Waals surface area contributed by atoms with Crippen molar-refractivity contribution in [2.75, 3.05) is 6.61 Å². The van der Waals surface area contributed by atoms with Gasteiger partial charge in [0, 0.05) is 20.2 Å². The number of hydrogen-bond donors (Lipinski definition) is 1. The van der Waals surface area contributed by atoms with E-state index in [1.165, 1.54) is 36.4 Å². The molecule has 14 heteroatoms. The largest absolute Gasteiger partial charge is 0.416 e. The molecule has 0 aliphatic heterocycles. The van der Waals surface area contributed by atoms with Crippen LogP contribution in [0.5, 0.6) is 0 Å². The number of ether oxygens (including phenoxy) is 1. The summed E-state index contributed by atoms with van der Waals surface area (Å²) >= 11 is 0. The lowest BCUT2D eigenvalue weighted by Gasteiger charge is -2.16. The van der Waals surface area contributed by atoms with Crippen LogP contribution in [-0.4, -0.2) is 43.0 Å². The Morgan fingerprint density at radius 1 is 1.02 bits per heavy atom. The molecule has 214 valence electrons. The third kappa shape index (κ3) is 7.65. The summed E-state index contributed by atoms with van der Waals surface area (Å²) in [5.41, 5.74) is 1.85. The van der Waals surface area contributed by atoms with E-state index in [4.69, 9.17) is 14.4 Å². The van der Waals surface area contributed by atoms with E-state index in [1.54, 1.807) is 10.9 Å². The molecule has 0 aliphatic carbocycles. The molecular weight excluding hydrogens is 563 g/mol. The molecule has 0 radical (unpaired) electrons. The van der Waals surface area contributed by atoms with E-state index < -0.39 is 29.8 Å². The number of sulfonamides is 1. The maximum atomic E-state index is 13.0. The van der Waals surface area contributed by atoms with Gasteiger partial charge in [-0.1, -0.05) is 36.9 Å². The minimum atomic E-state index is -4.40. The normalized spacial score (nSPS) is 12.7. The fraction of sp³-hybridized carbons (Fsp3) is 0.346. The summed E-state index contributed by atoms with van der Waals surface area (Å²) in [4.78, 5) is 4.43. The fourth-order valence-electron chi connectivity index (χ4n) is 3.86. The standard InChI is InChI=1S/C26H30F3N5O4SSi/c1-40(2,3)15-14-37-17-34-23(13-6-18-4-9-20(10-5-18)26(27,28)29)22(16-31-34)25-32-24(33-38-25)19-7-11-21(12-8-19)39(30,35)36/h4-5,7-12,16H,6,13-15,17H2,1-3H3,(H2,30,35,36). The first-order valence-corrected chi connectivity index (χ1v) is 17.7. The number of nitrogens with two attached hydrogens (primary N) is 1. The van der Waals surface area contributed by atoms with E-state index in [0.717, 1.165) is 29.4 Å². The predicted molar refractivity (Wildman–Crippen MR) is 145 cm³/mol. The third-order valence-electron chi connectivity index (χ3n) is 6.19. The van der Waals surface area contributed by atoms with Crippen LogP contribution < -0.4 is 5.14 Å². The van der Waals surface area contributed by atoms with Crippen LogP contribution in [0.4, 0.5) is 13.2 Å². The summed E-state index contributed by atoms with van der Waals surface area (Å²) in [5.74, 6) is 0.435. The van der Waals surface area contributed by atoms with E-state index in [-0.39, 0.29) is 23.3 Å². The van der Waals surface area contributed by atoms with E-state index >= 15 is 0 Å². The summed E-state index contributed by atoms with van der Waals surface area (Å²) in [5, 5.41) is 13.6. The first-order chi connectivity index (χ1) is 18.7. The van der Waals surface area contributed by atoms with Crippen molar-refractivity contribution in [3.63, 3.8) is 0 Å². The van der Waals surface area contributed by atoms with Crippen LogP contribution in [0.15, 0.2) is 64.1 Å².